The Morgan fingerprint density at radius 1 is 1.36 bits per heavy atom. The average molecular weight is 187 g/mol. The van der Waals surface area contributed by atoms with Gasteiger partial charge in [0.05, 0.1) is 11.8 Å². The molecule has 14 heavy (non-hydrogen) atoms. The first-order chi connectivity index (χ1) is 6.69. The topological polar surface area (TPSA) is 44.0 Å². The lowest BCUT2D eigenvalue weighted by atomic mass is 10.00. The molecule has 1 rings (SSSR count). The molecular weight excluding hydrogens is 174 g/mol. The van der Waals surface area contributed by atoms with Gasteiger partial charge < -0.3 is 5.11 Å². The Balaban J connectivity index is 3.01. The van der Waals surface area contributed by atoms with Crippen LogP contribution in [0.3, 0.4) is 0 Å². The molecule has 0 saturated carbocycles. The fourth-order valence-electron chi connectivity index (χ4n) is 1.22. The third-order valence-electron chi connectivity index (χ3n) is 2.14. The summed E-state index contributed by atoms with van der Waals surface area (Å²) in [5, 5.41) is 17.5. The average Bonchev–Trinajstić information content (AvgIpc) is 2.20. The van der Waals surface area contributed by atoms with Crippen molar-refractivity contribution in [2.45, 2.75) is 19.8 Å². The number of nitriles is 1. The van der Waals surface area contributed by atoms with Gasteiger partial charge in [-0.2, -0.15) is 5.26 Å². The van der Waals surface area contributed by atoms with Gasteiger partial charge >= 0.3 is 0 Å². The second-order valence-electron chi connectivity index (χ2n) is 3.43. The van der Waals surface area contributed by atoms with Crippen LogP contribution in [-0.2, 0) is 0 Å². The SMILES string of the molecule is CC(C)c1ccc(/C(C#N)=C/O)cc1. The molecule has 0 aliphatic rings. The zero-order chi connectivity index (χ0) is 10.6. The van der Waals surface area contributed by atoms with Crippen molar-refractivity contribution in [3.8, 4) is 6.07 Å². The van der Waals surface area contributed by atoms with Crippen molar-refractivity contribution in [2.24, 2.45) is 0 Å². The normalized spacial score (nSPS) is 11.4. The van der Waals surface area contributed by atoms with Crippen molar-refractivity contribution in [2.75, 3.05) is 0 Å². The van der Waals surface area contributed by atoms with Gasteiger partial charge in [-0.05, 0) is 17.0 Å². The van der Waals surface area contributed by atoms with Crippen LogP contribution in [-0.4, -0.2) is 5.11 Å². The van der Waals surface area contributed by atoms with Gasteiger partial charge in [0, 0.05) is 0 Å². The van der Waals surface area contributed by atoms with E-state index in [0.29, 0.717) is 11.5 Å². The number of aliphatic hydroxyl groups excluding tert-OH is 1. The van der Waals surface area contributed by atoms with E-state index >= 15 is 0 Å². The van der Waals surface area contributed by atoms with Crippen LogP contribution in [0.15, 0.2) is 30.5 Å². The highest BCUT2D eigenvalue weighted by Gasteiger charge is 2.02. The Labute approximate surface area is 84.1 Å². The van der Waals surface area contributed by atoms with Crippen LogP contribution in [0.4, 0.5) is 0 Å². The van der Waals surface area contributed by atoms with E-state index in [1.165, 1.54) is 5.56 Å². The minimum Gasteiger partial charge on any atom is -0.514 e. The van der Waals surface area contributed by atoms with Gasteiger partial charge in [-0.15, -0.1) is 0 Å². The molecule has 0 aliphatic heterocycles. The molecule has 0 radical (unpaired) electrons. The van der Waals surface area contributed by atoms with Crippen LogP contribution in [0.25, 0.3) is 5.57 Å². The van der Waals surface area contributed by atoms with Crippen LogP contribution >= 0.6 is 0 Å². The number of allylic oxidation sites excluding steroid dienone is 1. The van der Waals surface area contributed by atoms with Gasteiger partial charge in [0.2, 0.25) is 0 Å². The molecule has 2 nitrogen and oxygen atoms in total. The monoisotopic (exact) mass is 187 g/mol. The standard InChI is InChI=1S/C12H13NO/c1-9(2)10-3-5-11(6-4-10)12(7-13)8-14/h3-6,8-9,14H,1-2H3/b12-8+. The summed E-state index contributed by atoms with van der Waals surface area (Å²) in [4.78, 5) is 0. The number of benzene rings is 1. The predicted molar refractivity (Wildman–Crippen MR) is 56.7 cm³/mol. The maximum Gasteiger partial charge on any atom is 0.103 e. The van der Waals surface area contributed by atoms with E-state index in [4.69, 9.17) is 10.4 Å². The largest absolute Gasteiger partial charge is 0.514 e. The lowest BCUT2D eigenvalue weighted by molar-refractivity contribution is 0.476. The zero-order valence-electron chi connectivity index (χ0n) is 8.36. The number of hydrogen-bond donors (Lipinski definition) is 1. The van der Waals surface area contributed by atoms with Gasteiger partial charge in [-0.3, -0.25) is 0 Å². The number of hydrogen-bond acceptors (Lipinski definition) is 2. The van der Waals surface area contributed by atoms with Crippen LogP contribution < -0.4 is 0 Å². The van der Waals surface area contributed by atoms with E-state index < -0.39 is 0 Å². The molecule has 0 bridgehead atoms. The molecular formula is C12H13NO. The molecule has 1 aromatic carbocycles. The van der Waals surface area contributed by atoms with E-state index in [1.807, 2.05) is 30.3 Å². The predicted octanol–water partition coefficient (Wildman–Crippen LogP) is 3.23. The van der Waals surface area contributed by atoms with Gasteiger partial charge in [0.1, 0.15) is 6.07 Å². The third kappa shape index (κ3) is 2.14. The first-order valence-corrected chi connectivity index (χ1v) is 4.54. The van der Waals surface area contributed by atoms with E-state index in [1.54, 1.807) is 0 Å². The summed E-state index contributed by atoms with van der Waals surface area (Å²) in [7, 11) is 0. The molecule has 0 aromatic heterocycles. The van der Waals surface area contributed by atoms with Crippen LogP contribution in [0, 0.1) is 11.3 Å². The number of nitrogens with zero attached hydrogens (tertiary/aromatic N) is 1. The molecule has 1 N–H and O–H groups in total. The van der Waals surface area contributed by atoms with E-state index in [2.05, 4.69) is 13.8 Å². The Morgan fingerprint density at radius 3 is 2.29 bits per heavy atom. The summed E-state index contributed by atoms with van der Waals surface area (Å²) < 4.78 is 0. The minimum absolute atomic E-state index is 0.292. The minimum atomic E-state index is 0.292. The lowest BCUT2D eigenvalue weighted by Crippen LogP contribution is -1.88. The Kier molecular flexibility index (Phi) is 3.30. The maximum atomic E-state index is 8.77. The molecule has 72 valence electrons. The van der Waals surface area contributed by atoms with Gasteiger partial charge in [-0.1, -0.05) is 38.1 Å². The molecule has 0 atom stereocenters. The fraction of sp³-hybridized carbons (Fsp3) is 0.250. The summed E-state index contributed by atoms with van der Waals surface area (Å²) in [5.74, 6) is 0.479. The Morgan fingerprint density at radius 2 is 1.93 bits per heavy atom. The summed E-state index contributed by atoms with van der Waals surface area (Å²) in [6.45, 7) is 4.23. The summed E-state index contributed by atoms with van der Waals surface area (Å²) in [6.07, 6.45) is 0.838. The fourth-order valence-corrected chi connectivity index (χ4v) is 1.22. The molecule has 2 heteroatoms. The van der Waals surface area contributed by atoms with E-state index in [-0.39, 0.29) is 0 Å². The van der Waals surface area contributed by atoms with E-state index in [0.717, 1.165) is 11.8 Å². The van der Waals surface area contributed by atoms with Crippen molar-refractivity contribution in [3.63, 3.8) is 0 Å². The van der Waals surface area contributed by atoms with Crippen LogP contribution in [0.1, 0.15) is 30.9 Å². The summed E-state index contributed by atoms with van der Waals surface area (Å²) in [5.41, 5.74) is 2.27. The Hall–Kier alpha value is -1.75. The van der Waals surface area contributed by atoms with Crippen molar-refractivity contribution < 1.29 is 5.11 Å². The molecule has 0 amide bonds. The van der Waals surface area contributed by atoms with Gasteiger partial charge in [-0.25, -0.2) is 0 Å². The Bertz CT molecular complexity index is 368. The highest BCUT2D eigenvalue weighted by Crippen LogP contribution is 2.18. The van der Waals surface area contributed by atoms with Gasteiger partial charge in [0.25, 0.3) is 0 Å². The van der Waals surface area contributed by atoms with Gasteiger partial charge in [0.15, 0.2) is 0 Å². The van der Waals surface area contributed by atoms with Crippen LogP contribution in [0.5, 0.6) is 0 Å². The van der Waals surface area contributed by atoms with Crippen LogP contribution in [0.2, 0.25) is 0 Å². The molecule has 0 fully saturated rings. The van der Waals surface area contributed by atoms with Crippen molar-refractivity contribution in [1.29, 1.82) is 5.26 Å². The summed E-state index contributed by atoms with van der Waals surface area (Å²) in [6, 6.07) is 9.57. The van der Waals surface area contributed by atoms with E-state index in [9.17, 15) is 0 Å². The molecule has 0 aliphatic carbocycles. The molecule has 0 spiro atoms. The highest BCUT2D eigenvalue weighted by molar-refractivity contribution is 5.75. The zero-order valence-corrected chi connectivity index (χ0v) is 8.36. The third-order valence-corrected chi connectivity index (χ3v) is 2.14. The lowest BCUT2D eigenvalue weighted by Gasteiger charge is -2.05. The maximum absolute atomic E-state index is 8.77. The molecule has 0 saturated heterocycles. The molecule has 0 heterocycles. The molecule has 1 aromatic rings. The second-order valence-corrected chi connectivity index (χ2v) is 3.43. The van der Waals surface area contributed by atoms with Crippen molar-refractivity contribution in [1.82, 2.24) is 0 Å². The highest BCUT2D eigenvalue weighted by atomic mass is 16.2. The summed E-state index contributed by atoms with van der Waals surface area (Å²) >= 11 is 0. The van der Waals surface area contributed by atoms with Crippen molar-refractivity contribution in [3.05, 3.63) is 41.7 Å². The number of aliphatic hydroxyl groups is 1. The quantitative estimate of drug-likeness (QED) is 0.570. The first kappa shape index (κ1) is 10.3. The molecule has 0 unspecified atom stereocenters. The van der Waals surface area contributed by atoms with Crippen molar-refractivity contribution >= 4 is 5.57 Å². The number of rotatable bonds is 2. The first-order valence-electron chi connectivity index (χ1n) is 4.54. The second kappa shape index (κ2) is 4.48. The smallest absolute Gasteiger partial charge is 0.103 e.